The molecule has 2 atom stereocenters. The Kier molecular flexibility index (Phi) is 30.9. The molecule has 1 amide bonds. The van der Waals surface area contributed by atoms with Gasteiger partial charge in [0, 0.05) is 6.42 Å². The summed E-state index contributed by atoms with van der Waals surface area (Å²) in [7, 11) is -4.34. The molecule has 0 aromatic carbocycles. The van der Waals surface area contributed by atoms with Gasteiger partial charge in [-0.2, -0.15) is 8.42 Å². The lowest BCUT2D eigenvalue weighted by molar-refractivity contribution is -0.122. The van der Waals surface area contributed by atoms with Gasteiger partial charge in [0.1, 0.15) is 0 Å². The van der Waals surface area contributed by atoms with Crippen LogP contribution in [0.25, 0.3) is 0 Å². The number of amides is 1. The Bertz CT molecular complexity index is 796. The lowest BCUT2D eigenvalue weighted by Gasteiger charge is -2.21. The number of allylic oxidation sites excluding steroid dienone is 3. The minimum absolute atomic E-state index is 0.289. The van der Waals surface area contributed by atoms with Gasteiger partial charge in [-0.3, -0.25) is 9.35 Å². The molecule has 0 aromatic rings. The van der Waals surface area contributed by atoms with Crippen molar-refractivity contribution in [2.24, 2.45) is 0 Å². The summed E-state index contributed by atoms with van der Waals surface area (Å²) in [6.45, 7) is 4.47. The fourth-order valence-corrected chi connectivity index (χ4v) is 6.32. The third-order valence-electron chi connectivity index (χ3n) is 8.38. The molecule has 0 heterocycles. The molecule has 44 heavy (non-hydrogen) atoms. The molecule has 7 heteroatoms. The van der Waals surface area contributed by atoms with Crippen LogP contribution in [0.4, 0.5) is 0 Å². The highest BCUT2D eigenvalue weighted by molar-refractivity contribution is 7.85. The fraction of sp³-hybridized carbons (Fsp3) is 0.865. The van der Waals surface area contributed by atoms with E-state index in [0.717, 1.165) is 38.5 Å². The van der Waals surface area contributed by atoms with E-state index in [1.165, 1.54) is 134 Å². The number of carbonyl (C=O) groups is 1. The van der Waals surface area contributed by atoms with Crippen molar-refractivity contribution in [3.05, 3.63) is 24.3 Å². The maximum Gasteiger partial charge on any atom is 0.267 e. The summed E-state index contributed by atoms with van der Waals surface area (Å²) in [5.74, 6) is -1.00. The first-order valence-electron chi connectivity index (χ1n) is 18.5. The van der Waals surface area contributed by atoms with Crippen LogP contribution < -0.4 is 5.32 Å². The van der Waals surface area contributed by atoms with E-state index in [-0.39, 0.29) is 12.3 Å². The van der Waals surface area contributed by atoms with Gasteiger partial charge in [-0.15, -0.1) is 0 Å². The van der Waals surface area contributed by atoms with Crippen LogP contribution in [0.2, 0.25) is 0 Å². The Balaban J connectivity index is 3.92. The van der Waals surface area contributed by atoms with Crippen molar-refractivity contribution in [1.29, 1.82) is 0 Å². The highest BCUT2D eigenvalue weighted by Gasteiger charge is 2.24. The molecule has 0 bridgehead atoms. The Morgan fingerprint density at radius 1 is 0.591 bits per heavy atom. The molecule has 6 nitrogen and oxygen atoms in total. The van der Waals surface area contributed by atoms with Gasteiger partial charge in [-0.1, -0.05) is 173 Å². The van der Waals surface area contributed by atoms with Gasteiger partial charge in [0.05, 0.1) is 17.9 Å². The predicted octanol–water partition coefficient (Wildman–Crippen LogP) is 10.4. The number of rotatable bonds is 33. The minimum Gasteiger partial charge on any atom is -0.387 e. The van der Waals surface area contributed by atoms with Crippen LogP contribution in [0, 0.1) is 0 Å². The number of aliphatic hydroxyl groups is 1. The van der Waals surface area contributed by atoms with Gasteiger partial charge >= 0.3 is 0 Å². The summed E-state index contributed by atoms with van der Waals surface area (Å²) in [4.78, 5) is 12.4. The first-order chi connectivity index (χ1) is 21.3. The Morgan fingerprint density at radius 3 is 1.43 bits per heavy atom. The third-order valence-corrected chi connectivity index (χ3v) is 9.16. The van der Waals surface area contributed by atoms with Crippen molar-refractivity contribution < 1.29 is 22.9 Å². The summed E-state index contributed by atoms with van der Waals surface area (Å²) < 4.78 is 32.2. The molecule has 0 aliphatic rings. The van der Waals surface area contributed by atoms with Gasteiger partial charge in [-0.05, 0) is 32.1 Å². The standard InChI is InChI=1S/C37H71NO5S/c1-3-5-7-9-11-13-14-15-16-17-18-19-20-21-22-23-24-25-26-28-30-32-36(39)35(34-44(41,42)43)38-37(40)33-31-29-27-12-10-8-6-4-2/h24-25,30,32,35-36,39H,3-23,26-29,31,33-34H2,1-2H3,(H,38,40)(H,41,42,43)/b25-24+,32-30+. The van der Waals surface area contributed by atoms with E-state index in [2.05, 4.69) is 31.3 Å². The topological polar surface area (TPSA) is 104 Å². The summed E-state index contributed by atoms with van der Waals surface area (Å²) in [6.07, 6.45) is 39.0. The zero-order valence-corrected chi connectivity index (χ0v) is 29.6. The highest BCUT2D eigenvalue weighted by atomic mass is 32.2. The molecule has 0 radical (unpaired) electrons. The first kappa shape index (κ1) is 42.8. The largest absolute Gasteiger partial charge is 0.387 e. The maximum absolute atomic E-state index is 12.4. The van der Waals surface area contributed by atoms with Crippen LogP contribution in [0.5, 0.6) is 0 Å². The molecule has 0 aliphatic heterocycles. The number of aliphatic hydroxyl groups excluding tert-OH is 1. The quantitative estimate of drug-likeness (QED) is 0.0376. The monoisotopic (exact) mass is 642 g/mol. The van der Waals surface area contributed by atoms with E-state index in [4.69, 9.17) is 0 Å². The molecular formula is C37H71NO5S. The number of hydrogen-bond acceptors (Lipinski definition) is 4. The van der Waals surface area contributed by atoms with E-state index in [1.807, 2.05) is 6.08 Å². The van der Waals surface area contributed by atoms with Crippen molar-refractivity contribution in [1.82, 2.24) is 5.32 Å². The normalized spacial score (nSPS) is 13.6. The maximum atomic E-state index is 12.4. The van der Waals surface area contributed by atoms with Crippen LogP contribution in [-0.2, 0) is 14.9 Å². The molecule has 0 aromatic heterocycles. The van der Waals surface area contributed by atoms with E-state index in [1.54, 1.807) is 0 Å². The molecule has 0 saturated carbocycles. The Morgan fingerprint density at radius 2 is 0.977 bits per heavy atom. The minimum atomic E-state index is -4.34. The number of nitrogens with one attached hydrogen (secondary N) is 1. The second-order valence-electron chi connectivity index (χ2n) is 12.9. The molecule has 0 aliphatic carbocycles. The molecule has 3 N–H and O–H groups in total. The fourth-order valence-electron chi connectivity index (χ4n) is 5.58. The van der Waals surface area contributed by atoms with E-state index in [0.29, 0.717) is 0 Å². The van der Waals surface area contributed by atoms with Crippen LogP contribution in [-0.4, -0.2) is 41.9 Å². The van der Waals surface area contributed by atoms with Crippen LogP contribution in [0.3, 0.4) is 0 Å². The average molecular weight is 642 g/mol. The predicted molar refractivity (Wildman–Crippen MR) is 189 cm³/mol. The summed E-state index contributed by atoms with van der Waals surface area (Å²) >= 11 is 0. The van der Waals surface area contributed by atoms with Crippen molar-refractivity contribution in [2.45, 2.75) is 199 Å². The second-order valence-corrected chi connectivity index (χ2v) is 14.4. The molecule has 2 unspecified atom stereocenters. The third kappa shape index (κ3) is 32.2. The van der Waals surface area contributed by atoms with Gasteiger partial charge in [0.15, 0.2) is 0 Å². The number of hydrogen-bond donors (Lipinski definition) is 3. The number of unbranched alkanes of at least 4 members (excludes halogenated alkanes) is 23. The molecule has 0 saturated heterocycles. The second kappa shape index (κ2) is 31.8. The first-order valence-corrected chi connectivity index (χ1v) is 20.1. The Hall–Kier alpha value is -1.18. The summed E-state index contributed by atoms with van der Waals surface area (Å²) in [6, 6.07) is -1.07. The highest BCUT2D eigenvalue weighted by Crippen LogP contribution is 2.14. The summed E-state index contributed by atoms with van der Waals surface area (Å²) in [5, 5.41) is 13.1. The lowest BCUT2D eigenvalue weighted by atomic mass is 10.0. The van der Waals surface area contributed by atoms with Crippen molar-refractivity contribution >= 4 is 16.0 Å². The zero-order valence-electron chi connectivity index (χ0n) is 28.8. The van der Waals surface area contributed by atoms with Gasteiger partial charge in [-0.25, -0.2) is 0 Å². The Labute approximate surface area is 273 Å². The van der Waals surface area contributed by atoms with E-state index < -0.39 is 28.0 Å². The lowest BCUT2D eigenvalue weighted by Crippen LogP contribution is -2.46. The van der Waals surface area contributed by atoms with Crippen molar-refractivity contribution in [2.75, 3.05) is 5.75 Å². The molecule has 0 fully saturated rings. The van der Waals surface area contributed by atoms with Crippen LogP contribution in [0.15, 0.2) is 24.3 Å². The molecule has 0 spiro atoms. The number of carbonyl (C=O) groups excluding carboxylic acids is 1. The van der Waals surface area contributed by atoms with Gasteiger partial charge in [0.2, 0.25) is 5.91 Å². The van der Waals surface area contributed by atoms with Crippen LogP contribution in [0.1, 0.15) is 187 Å². The SMILES string of the molecule is CCCCCCCCCCCCCCCCC/C=C/CC/C=C/C(O)C(CS(=O)(=O)O)NC(=O)CCCCCCCCCC. The average Bonchev–Trinajstić information content (AvgIpc) is 2.98. The molecule has 0 rings (SSSR count). The molecule has 260 valence electrons. The zero-order chi connectivity index (χ0) is 32.6. The van der Waals surface area contributed by atoms with Gasteiger partial charge < -0.3 is 10.4 Å². The van der Waals surface area contributed by atoms with E-state index in [9.17, 15) is 22.9 Å². The van der Waals surface area contributed by atoms with E-state index >= 15 is 0 Å². The van der Waals surface area contributed by atoms with Crippen molar-refractivity contribution in [3.8, 4) is 0 Å². The smallest absolute Gasteiger partial charge is 0.267 e. The van der Waals surface area contributed by atoms with Crippen LogP contribution >= 0.6 is 0 Å². The summed E-state index contributed by atoms with van der Waals surface area (Å²) in [5.41, 5.74) is 0. The molecular weight excluding hydrogens is 570 g/mol. The van der Waals surface area contributed by atoms with Gasteiger partial charge in [0.25, 0.3) is 10.1 Å². The van der Waals surface area contributed by atoms with Crippen molar-refractivity contribution in [3.63, 3.8) is 0 Å².